The minimum Gasteiger partial charge on any atom is -0.472 e. The maximum Gasteiger partial charge on any atom is 0.271 e. The van der Waals surface area contributed by atoms with Crippen LogP contribution in [-0.4, -0.2) is 68.8 Å². The Balaban J connectivity index is 1.29. The maximum absolute atomic E-state index is 14.0. The molecular weight excluding hydrogens is 500 g/mol. The lowest BCUT2D eigenvalue weighted by Crippen LogP contribution is -2.55. The number of H-pyrrole nitrogens is 1. The number of nitrogens with zero attached hydrogens (tertiary/aromatic N) is 4. The predicted octanol–water partition coefficient (Wildman–Crippen LogP) is 2.06. The van der Waals surface area contributed by atoms with Crippen molar-refractivity contribution in [2.24, 2.45) is 5.92 Å². The van der Waals surface area contributed by atoms with E-state index in [0.717, 1.165) is 12.8 Å². The SMILES string of the molecule is CN(C(=O)c1cc2ccccc2c(=O)[nH]1)C(CC1CC1)C(=O)N1CC2(CC1C#N)Oc1cccnc1NC2=O. The van der Waals surface area contributed by atoms with E-state index in [1.165, 1.54) is 23.0 Å². The number of hydrogen-bond donors (Lipinski definition) is 2. The smallest absolute Gasteiger partial charge is 0.271 e. The number of anilines is 1. The maximum atomic E-state index is 14.0. The van der Waals surface area contributed by atoms with Crippen LogP contribution in [0, 0.1) is 17.2 Å². The van der Waals surface area contributed by atoms with Gasteiger partial charge < -0.3 is 24.8 Å². The van der Waals surface area contributed by atoms with Crippen molar-refractivity contribution in [3.05, 3.63) is 64.7 Å². The number of hydrogen-bond acceptors (Lipinski definition) is 7. The van der Waals surface area contributed by atoms with E-state index in [-0.39, 0.29) is 30.4 Å². The van der Waals surface area contributed by atoms with Crippen molar-refractivity contribution >= 4 is 34.3 Å². The van der Waals surface area contributed by atoms with Crippen molar-refractivity contribution in [3.8, 4) is 11.8 Å². The van der Waals surface area contributed by atoms with Crippen LogP contribution >= 0.6 is 0 Å². The molecule has 4 heterocycles. The van der Waals surface area contributed by atoms with Crippen LogP contribution in [0.2, 0.25) is 0 Å². The Hall–Kier alpha value is -4.72. The average Bonchev–Trinajstić information content (AvgIpc) is 3.70. The molecule has 1 aromatic carbocycles. The molecule has 0 radical (unpaired) electrons. The van der Waals surface area contributed by atoms with Gasteiger partial charge in [0.25, 0.3) is 17.4 Å². The van der Waals surface area contributed by atoms with Gasteiger partial charge in [-0.2, -0.15) is 5.26 Å². The van der Waals surface area contributed by atoms with Gasteiger partial charge in [0, 0.05) is 25.1 Å². The molecule has 1 spiro atoms. The van der Waals surface area contributed by atoms with E-state index in [4.69, 9.17) is 4.74 Å². The highest BCUT2D eigenvalue weighted by atomic mass is 16.5. The van der Waals surface area contributed by atoms with Crippen molar-refractivity contribution < 1.29 is 19.1 Å². The van der Waals surface area contributed by atoms with Crippen LogP contribution in [0.3, 0.4) is 0 Å². The zero-order valence-electron chi connectivity index (χ0n) is 21.2. The van der Waals surface area contributed by atoms with Crippen LogP contribution in [-0.2, 0) is 9.59 Å². The number of likely N-dealkylation sites (N-methyl/N-ethyl adjacent to an activating group) is 1. The lowest BCUT2D eigenvalue weighted by molar-refractivity contribution is -0.138. The number of aromatic nitrogens is 2. The van der Waals surface area contributed by atoms with Crippen molar-refractivity contribution in [3.63, 3.8) is 0 Å². The van der Waals surface area contributed by atoms with E-state index in [1.54, 1.807) is 42.5 Å². The fraction of sp³-hybridized carbons (Fsp3) is 0.357. The number of nitriles is 1. The summed E-state index contributed by atoms with van der Waals surface area (Å²) in [4.78, 5) is 62.7. The molecule has 198 valence electrons. The van der Waals surface area contributed by atoms with Gasteiger partial charge in [-0.3, -0.25) is 19.2 Å². The van der Waals surface area contributed by atoms with E-state index in [1.807, 2.05) is 0 Å². The van der Waals surface area contributed by atoms with Gasteiger partial charge in [-0.15, -0.1) is 0 Å². The van der Waals surface area contributed by atoms with E-state index in [9.17, 15) is 24.4 Å². The molecule has 2 N–H and O–H groups in total. The second-order valence-corrected chi connectivity index (χ2v) is 10.4. The third kappa shape index (κ3) is 4.27. The van der Waals surface area contributed by atoms with Crippen LogP contribution in [0.1, 0.15) is 36.2 Å². The van der Waals surface area contributed by atoms with Gasteiger partial charge in [0.15, 0.2) is 11.6 Å². The third-order valence-corrected chi connectivity index (χ3v) is 7.79. The van der Waals surface area contributed by atoms with Gasteiger partial charge in [0.1, 0.15) is 17.8 Å². The Morgan fingerprint density at radius 2 is 2.05 bits per heavy atom. The number of amides is 3. The van der Waals surface area contributed by atoms with Crippen LogP contribution in [0.5, 0.6) is 5.75 Å². The summed E-state index contributed by atoms with van der Waals surface area (Å²) >= 11 is 0. The molecule has 39 heavy (non-hydrogen) atoms. The third-order valence-electron chi connectivity index (χ3n) is 7.79. The Bertz CT molecular complexity index is 1610. The van der Waals surface area contributed by atoms with Gasteiger partial charge in [-0.25, -0.2) is 4.98 Å². The number of rotatable bonds is 5. The lowest BCUT2D eigenvalue weighted by Gasteiger charge is -2.35. The molecule has 3 aliphatic rings. The first-order valence-electron chi connectivity index (χ1n) is 12.8. The number of aromatic amines is 1. The number of nitrogens with one attached hydrogen (secondary N) is 2. The highest BCUT2D eigenvalue weighted by molar-refractivity contribution is 6.02. The summed E-state index contributed by atoms with van der Waals surface area (Å²) in [5.74, 6) is -0.489. The first-order chi connectivity index (χ1) is 18.8. The monoisotopic (exact) mass is 526 g/mol. The van der Waals surface area contributed by atoms with Crippen LogP contribution in [0.4, 0.5) is 5.82 Å². The molecule has 1 saturated heterocycles. The summed E-state index contributed by atoms with van der Waals surface area (Å²) in [7, 11) is 1.53. The molecule has 3 amide bonds. The quantitative estimate of drug-likeness (QED) is 0.517. The Morgan fingerprint density at radius 3 is 2.82 bits per heavy atom. The molecule has 6 rings (SSSR count). The van der Waals surface area contributed by atoms with Gasteiger partial charge in [0.2, 0.25) is 11.5 Å². The summed E-state index contributed by atoms with van der Waals surface area (Å²) in [6.07, 6.45) is 3.82. The number of likely N-dealkylation sites (tertiary alicyclic amines) is 1. The molecule has 0 bridgehead atoms. The van der Waals surface area contributed by atoms with Crippen LogP contribution in [0.15, 0.2) is 53.5 Å². The second-order valence-electron chi connectivity index (χ2n) is 10.4. The summed E-state index contributed by atoms with van der Waals surface area (Å²) in [5, 5.41) is 13.8. The zero-order chi connectivity index (χ0) is 27.3. The summed E-state index contributed by atoms with van der Waals surface area (Å²) in [6, 6.07) is 12.2. The molecule has 2 aliphatic heterocycles. The van der Waals surface area contributed by atoms with Crippen LogP contribution in [0.25, 0.3) is 10.8 Å². The fourth-order valence-corrected chi connectivity index (χ4v) is 5.45. The molecule has 3 atom stereocenters. The molecule has 2 fully saturated rings. The number of ether oxygens (including phenoxy) is 1. The highest BCUT2D eigenvalue weighted by Gasteiger charge is 2.56. The summed E-state index contributed by atoms with van der Waals surface area (Å²) < 4.78 is 6.07. The number of carbonyl (C=O) groups is 3. The molecule has 2 aromatic heterocycles. The first kappa shape index (κ1) is 24.6. The molecule has 1 aliphatic carbocycles. The Kier molecular flexibility index (Phi) is 5.83. The van der Waals surface area contributed by atoms with Gasteiger partial charge in [-0.05, 0) is 42.0 Å². The minimum absolute atomic E-state index is 0.0127. The molecule has 11 nitrogen and oxygen atoms in total. The first-order valence-corrected chi connectivity index (χ1v) is 12.8. The topological polar surface area (TPSA) is 148 Å². The normalized spacial score (nSPS) is 22.5. The number of carbonyl (C=O) groups excluding carboxylic acids is 3. The minimum atomic E-state index is -1.44. The molecule has 11 heteroatoms. The highest BCUT2D eigenvalue weighted by Crippen LogP contribution is 2.40. The average molecular weight is 527 g/mol. The zero-order valence-corrected chi connectivity index (χ0v) is 21.2. The lowest BCUT2D eigenvalue weighted by atomic mass is 9.97. The largest absolute Gasteiger partial charge is 0.472 e. The summed E-state index contributed by atoms with van der Waals surface area (Å²) in [5.41, 5.74) is -1.76. The van der Waals surface area contributed by atoms with Gasteiger partial charge >= 0.3 is 0 Å². The standard InChI is InChI=1S/C28H26N6O5/c1-33(25(36)20-12-17-5-2-3-6-19(17)24(35)31-20)21(11-16-8-9-16)26(37)34-15-28(13-18(34)14-29)27(38)32-23-22(39-28)7-4-10-30-23/h2-7,10,12,16,18,21H,8-9,11,13,15H2,1H3,(H,31,35)(H,30,32,38). The molecule has 3 aromatic rings. The van der Waals surface area contributed by atoms with E-state index in [0.29, 0.717) is 22.9 Å². The van der Waals surface area contributed by atoms with Gasteiger partial charge in [0.05, 0.1) is 12.6 Å². The van der Waals surface area contributed by atoms with E-state index >= 15 is 0 Å². The van der Waals surface area contributed by atoms with Crippen molar-refractivity contribution in [1.82, 2.24) is 19.8 Å². The molecular formula is C28H26N6O5. The fourth-order valence-electron chi connectivity index (χ4n) is 5.45. The van der Waals surface area contributed by atoms with Crippen molar-refractivity contribution in [1.29, 1.82) is 5.26 Å². The Labute approximate surface area is 223 Å². The van der Waals surface area contributed by atoms with E-state index < -0.39 is 41.0 Å². The van der Waals surface area contributed by atoms with Crippen LogP contribution < -0.4 is 15.6 Å². The van der Waals surface area contributed by atoms with Crippen molar-refractivity contribution in [2.45, 2.75) is 43.4 Å². The van der Waals surface area contributed by atoms with Crippen molar-refractivity contribution in [2.75, 3.05) is 18.9 Å². The van der Waals surface area contributed by atoms with E-state index in [2.05, 4.69) is 21.4 Å². The number of pyridine rings is 2. The van der Waals surface area contributed by atoms with Gasteiger partial charge in [-0.1, -0.05) is 31.0 Å². The molecule has 1 saturated carbocycles. The second kappa shape index (κ2) is 9.23. The number of benzene rings is 1. The molecule has 3 unspecified atom stereocenters. The number of fused-ring (bicyclic) bond motifs is 2. The predicted molar refractivity (Wildman–Crippen MR) is 140 cm³/mol. The summed E-state index contributed by atoms with van der Waals surface area (Å²) in [6.45, 7) is -0.139. The Morgan fingerprint density at radius 1 is 1.26 bits per heavy atom.